The highest BCUT2D eigenvalue weighted by Gasteiger charge is 2.19. The minimum atomic E-state index is -3.63. The summed E-state index contributed by atoms with van der Waals surface area (Å²) >= 11 is 1.23. The van der Waals surface area contributed by atoms with Gasteiger partial charge >= 0.3 is 0 Å². The summed E-state index contributed by atoms with van der Waals surface area (Å²) in [5.74, 6) is 1.02. The largest absolute Gasteiger partial charge is 0.493 e. The van der Waals surface area contributed by atoms with Crippen LogP contribution in [0, 0.1) is 0 Å². The predicted molar refractivity (Wildman–Crippen MR) is 93.4 cm³/mol. The summed E-state index contributed by atoms with van der Waals surface area (Å²) in [6, 6.07) is 8.33. The molecule has 132 valence electrons. The van der Waals surface area contributed by atoms with E-state index in [-0.39, 0.29) is 10.8 Å². The van der Waals surface area contributed by atoms with Crippen LogP contribution in [0.25, 0.3) is 0 Å². The second-order valence-electron chi connectivity index (χ2n) is 5.06. The lowest BCUT2D eigenvalue weighted by Crippen LogP contribution is -2.28. The number of benzene rings is 1. The Labute approximate surface area is 146 Å². The number of methoxy groups -OCH3 is 2. The molecule has 2 N–H and O–H groups in total. The third kappa shape index (κ3) is 4.27. The van der Waals surface area contributed by atoms with Crippen molar-refractivity contribution < 1.29 is 23.0 Å². The van der Waals surface area contributed by atoms with Gasteiger partial charge in [-0.1, -0.05) is 13.0 Å². The van der Waals surface area contributed by atoms with Crippen molar-refractivity contribution in [1.29, 1.82) is 0 Å². The predicted octanol–water partition coefficient (Wildman–Crippen LogP) is 2.34. The summed E-state index contributed by atoms with van der Waals surface area (Å²) in [5.41, 5.74) is 0.538. The fourth-order valence-electron chi connectivity index (χ4n) is 2.13. The van der Waals surface area contributed by atoms with E-state index in [2.05, 4.69) is 4.72 Å². The fourth-order valence-corrected chi connectivity index (χ4v) is 4.51. The Bertz CT molecular complexity index is 786. The van der Waals surface area contributed by atoms with Crippen molar-refractivity contribution in [3.8, 4) is 11.5 Å². The molecule has 0 radical (unpaired) electrons. The van der Waals surface area contributed by atoms with Gasteiger partial charge in [0.25, 0.3) is 0 Å². The molecule has 6 nitrogen and oxygen atoms in total. The Morgan fingerprint density at radius 2 is 1.88 bits per heavy atom. The summed E-state index contributed by atoms with van der Waals surface area (Å²) in [4.78, 5) is 0.996. The van der Waals surface area contributed by atoms with Gasteiger partial charge in [-0.3, -0.25) is 0 Å². The second-order valence-corrected chi connectivity index (χ2v) is 8.22. The van der Waals surface area contributed by atoms with Gasteiger partial charge in [0, 0.05) is 11.4 Å². The molecule has 2 rings (SSSR count). The van der Waals surface area contributed by atoms with Crippen molar-refractivity contribution >= 4 is 21.4 Å². The number of hydrogen-bond acceptors (Lipinski definition) is 6. The lowest BCUT2D eigenvalue weighted by molar-refractivity contribution is 0.181. The summed E-state index contributed by atoms with van der Waals surface area (Å²) in [5, 5.41) is 10.2. The molecule has 1 unspecified atom stereocenters. The first-order valence-electron chi connectivity index (χ1n) is 7.39. The van der Waals surface area contributed by atoms with Gasteiger partial charge in [-0.15, -0.1) is 11.3 Å². The van der Waals surface area contributed by atoms with Crippen LogP contribution < -0.4 is 14.2 Å². The van der Waals surface area contributed by atoms with Crippen molar-refractivity contribution in [2.45, 2.75) is 23.7 Å². The summed E-state index contributed by atoms with van der Waals surface area (Å²) in [7, 11) is -0.608. The lowest BCUT2D eigenvalue weighted by atomic mass is 10.1. The van der Waals surface area contributed by atoms with Crippen LogP contribution in [0.4, 0.5) is 0 Å². The molecule has 0 aliphatic heterocycles. The maximum atomic E-state index is 12.3. The number of aliphatic hydroxyl groups is 1. The molecular formula is C16H21NO5S2. The molecule has 1 aromatic heterocycles. The molecule has 2 aromatic rings. The third-order valence-electron chi connectivity index (χ3n) is 3.51. The molecule has 0 saturated heterocycles. The molecule has 0 aliphatic rings. The highest BCUT2D eigenvalue weighted by molar-refractivity contribution is 7.91. The number of thiophene rings is 1. The molecule has 24 heavy (non-hydrogen) atoms. The van der Waals surface area contributed by atoms with E-state index >= 15 is 0 Å². The first-order valence-corrected chi connectivity index (χ1v) is 9.69. The van der Waals surface area contributed by atoms with Gasteiger partial charge in [0.15, 0.2) is 11.5 Å². The van der Waals surface area contributed by atoms with Crippen LogP contribution in [-0.4, -0.2) is 34.3 Å². The monoisotopic (exact) mass is 371 g/mol. The highest BCUT2D eigenvalue weighted by Crippen LogP contribution is 2.30. The van der Waals surface area contributed by atoms with Crippen LogP contribution in [0.3, 0.4) is 0 Å². The molecule has 0 spiro atoms. The van der Waals surface area contributed by atoms with Crippen LogP contribution in [0.5, 0.6) is 11.5 Å². The average molecular weight is 371 g/mol. The van der Waals surface area contributed by atoms with Gasteiger partial charge in [0.2, 0.25) is 10.0 Å². The summed E-state index contributed by atoms with van der Waals surface area (Å²) in [6.45, 7) is 1.84. The molecule has 1 atom stereocenters. The van der Waals surface area contributed by atoms with Crippen molar-refractivity contribution in [3.63, 3.8) is 0 Å². The molecule has 0 aliphatic carbocycles. The van der Waals surface area contributed by atoms with E-state index in [1.807, 2.05) is 6.92 Å². The number of hydrogen-bond donors (Lipinski definition) is 2. The molecule has 1 heterocycles. The fraction of sp³-hybridized carbons (Fsp3) is 0.375. The Morgan fingerprint density at radius 1 is 1.17 bits per heavy atom. The number of aliphatic hydroxyl groups excluding tert-OH is 1. The Hall–Kier alpha value is -1.61. The number of rotatable bonds is 8. The zero-order valence-corrected chi connectivity index (χ0v) is 15.4. The van der Waals surface area contributed by atoms with Gasteiger partial charge in [-0.25, -0.2) is 13.1 Å². The first kappa shape index (κ1) is 18.7. The Balaban J connectivity index is 2.08. The van der Waals surface area contributed by atoms with E-state index in [4.69, 9.17) is 9.47 Å². The normalized spacial score (nSPS) is 12.8. The standard InChI is InChI=1S/C16H21NO5S2/c1-4-12-6-8-16(23-12)24(19,20)17-10-13(18)11-5-7-14(21-2)15(9-11)22-3/h5-9,13,17-18H,4,10H2,1-3H3. The Kier molecular flexibility index (Phi) is 6.22. The quantitative estimate of drug-likeness (QED) is 0.744. The third-order valence-corrected chi connectivity index (χ3v) is 6.65. The van der Waals surface area contributed by atoms with E-state index in [0.29, 0.717) is 17.1 Å². The molecule has 0 saturated carbocycles. The molecular weight excluding hydrogens is 350 g/mol. The van der Waals surface area contributed by atoms with E-state index in [0.717, 1.165) is 11.3 Å². The number of sulfonamides is 1. The van der Waals surface area contributed by atoms with Crippen molar-refractivity contribution in [3.05, 3.63) is 40.8 Å². The highest BCUT2D eigenvalue weighted by atomic mass is 32.2. The van der Waals surface area contributed by atoms with Gasteiger partial charge in [-0.2, -0.15) is 0 Å². The van der Waals surface area contributed by atoms with Crippen molar-refractivity contribution in [2.75, 3.05) is 20.8 Å². The van der Waals surface area contributed by atoms with Gasteiger partial charge < -0.3 is 14.6 Å². The topological polar surface area (TPSA) is 84.9 Å². The number of ether oxygens (including phenoxy) is 2. The van der Waals surface area contributed by atoms with Gasteiger partial charge in [0.1, 0.15) is 4.21 Å². The van der Waals surface area contributed by atoms with Crippen molar-refractivity contribution in [2.24, 2.45) is 0 Å². The van der Waals surface area contributed by atoms with Crippen LogP contribution in [0.1, 0.15) is 23.5 Å². The zero-order chi connectivity index (χ0) is 17.7. The molecule has 8 heteroatoms. The van der Waals surface area contributed by atoms with Crippen LogP contribution in [0.2, 0.25) is 0 Å². The molecule has 0 amide bonds. The first-order chi connectivity index (χ1) is 11.4. The SMILES string of the molecule is CCc1ccc(S(=O)(=O)NCC(O)c2ccc(OC)c(OC)c2)s1. The number of aryl methyl sites for hydroxylation is 1. The maximum Gasteiger partial charge on any atom is 0.250 e. The van der Waals surface area contributed by atoms with E-state index < -0.39 is 16.1 Å². The van der Waals surface area contributed by atoms with Gasteiger partial charge in [0.05, 0.1) is 20.3 Å². The summed E-state index contributed by atoms with van der Waals surface area (Å²) in [6.07, 6.45) is -0.209. The number of nitrogens with one attached hydrogen (secondary N) is 1. The molecule has 0 bridgehead atoms. The molecule has 1 aromatic carbocycles. The van der Waals surface area contributed by atoms with E-state index in [9.17, 15) is 13.5 Å². The minimum Gasteiger partial charge on any atom is -0.493 e. The van der Waals surface area contributed by atoms with Gasteiger partial charge in [-0.05, 0) is 36.2 Å². The van der Waals surface area contributed by atoms with Crippen LogP contribution in [0.15, 0.2) is 34.5 Å². The molecule has 0 fully saturated rings. The van der Waals surface area contributed by atoms with Crippen LogP contribution in [-0.2, 0) is 16.4 Å². The van der Waals surface area contributed by atoms with E-state index in [1.54, 1.807) is 30.3 Å². The van der Waals surface area contributed by atoms with E-state index in [1.165, 1.54) is 25.6 Å². The van der Waals surface area contributed by atoms with Crippen LogP contribution >= 0.6 is 11.3 Å². The zero-order valence-electron chi connectivity index (χ0n) is 13.8. The second kappa shape index (κ2) is 7.98. The lowest BCUT2D eigenvalue weighted by Gasteiger charge is -2.14. The average Bonchev–Trinajstić information content (AvgIpc) is 3.09. The maximum absolute atomic E-state index is 12.3. The summed E-state index contributed by atoms with van der Waals surface area (Å²) < 4.78 is 37.5. The minimum absolute atomic E-state index is 0.128. The Morgan fingerprint density at radius 3 is 2.46 bits per heavy atom. The smallest absolute Gasteiger partial charge is 0.250 e. The van der Waals surface area contributed by atoms with Crippen molar-refractivity contribution in [1.82, 2.24) is 4.72 Å².